The van der Waals surface area contributed by atoms with Crippen LogP contribution in [0.3, 0.4) is 0 Å². The summed E-state index contributed by atoms with van der Waals surface area (Å²) in [5, 5.41) is 18.0. The number of phenolic OH excluding ortho intramolecular Hbond substituents is 1. The van der Waals surface area contributed by atoms with Crippen LogP contribution >= 0.6 is 0 Å². The molecule has 22 heavy (non-hydrogen) atoms. The third kappa shape index (κ3) is 4.83. The second-order valence-electron chi connectivity index (χ2n) is 4.92. The number of rotatable bonds is 6. The van der Waals surface area contributed by atoms with E-state index in [4.69, 9.17) is 16.6 Å². The summed E-state index contributed by atoms with van der Waals surface area (Å²) in [5.74, 6) is -2.87. The molecule has 2 unspecified atom stereocenters. The van der Waals surface area contributed by atoms with Gasteiger partial charge in [-0.2, -0.15) is 0 Å². The third-order valence-electron chi connectivity index (χ3n) is 2.92. The van der Waals surface area contributed by atoms with Gasteiger partial charge in [-0.25, -0.2) is 0 Å². The Morgan fingerprint density at radius 2 is 1.68 bits per heavy atom. The standard InChI is InChI=1S/C14H19N3O5/c1-8(15)13(21)17(7-12(19)20)14(22)11(16)6-9-2-4-10(18)5-3-9/h2-5,8,11,18H,6-7,15-16H2,1H3,(H,19,20). The number of carboxylic acid groups (broad SMARTS) is 1. The summed E-state index contributed by atoms with van der Waals surface area (Å²) in [6, 6.07) is 3.94. The van der Waals surface area contributed by atoms with Crippen LogP contribution in [0.25, 0.3) is 0 Å². The van der Waals surface area contributed by atoms with Crippen LogP contribution in [-0.2, 0) is 20.8 Å². The van der Waals surface area contributed by atoms with E-state index in [9.17, 15) is 19.5 Å². The highest BCUT2D eigenvalue weighted by atomic mass is 16.4. The fourth-order valence-electron chi connectivity index (χ4n) is 1.82. The molecule has 0 aliphatic rings. The first-order chi connectivity index (χ1) is 10.2. The number of nitrogens with zero attached hydrogens (tertiary/aromatic N) is 1. The average Bonchev–Trinajstić information content (AvgIpc) is 2.45. The predicted octanol–water partition coefficient (Wildman–Crippen LogP) is -0.951. The lowest BCUT2D eigenvalue weighted by atomic mass is 10.0. The predicted molar refractivity (Wildman–Crippen MR) is 77.8 cm³/mol. The monoisotopic (exact) mass is 309 g/mol. The quantitative estimate of drug-likeness (QED) is 0.529. The first kappa shape index (κ1) is 17.6. The number of aliphatic carboxylic acids is 1. The van der Waals surface area contributed by atoms with Gasteiger partial charge < -0.3 is 21.7 Å². The molecule has 1 aromatic rings. The van der Waals surface area contributed by atoms with Gasteiger partial charge in [0.25, 0.3) is 0 Å². The van der Waals surface area contributed by atoms with Gasteiger partial charge >= 0.3 is 5.97 Å². The zero-order valence-corrected chi connectivity index (χ0v) is 12.1. The maximum absolute atomic E-state index is 12.2. The summed E-state index contributed by atoms with van der Waals surface area (Å²) in [7, 11) is 0. The summed E-state index contributed by atoms with van der Waals surface area (Å²) in [6.45, 7) is 0.568. The number of hydrogen-bond donors (Lipinski definition) is 4. The average molecular weight is 309 g/mol. The number of amides is 2. The Balaban J connectivity index is 2.85. The molecule has 8 heteroatoms. The molecular formula is C14H19N3O5. The van der Waals surface area contributed by atoms with Gasteiger partial charge in [0, 0.05) is 0 Å². The largest absolute Gasteiger partial charge is 0.508 e. The fraction of sp³-hybridized carbons (Fsp3) is 0.357. The molecule has 2 amide bonds. The van der Waals surface area contributed by atoms with Gasteiger partial charge in [0.1, 0.15) is 12.3 Å². The molecule has 1 aromatic carbocycles. The minimum atomic E-state index is -1.33. The summed E-state index contributed by atoms with van der Waals surface area (Å²) in [4.78, 5) is 35.4. The minimum absolute atomic E-state index is 0.0725. The van der Waals surface area contributed by atoms with Gasteiger partial charge in [0.05, 0.1) is 12.1 Å². The van der Waals surface area contributed by atoms with E-state index < -0.39 is 36.4 Å². The van der Waals surface area contributed by atoms with Gasteiger partial charge in [-0.15, -0.1) is 0 Å². The highest BCUT2D eigenvalue weighted by molar-refractivity contribution is 6.02. The van der Waals surface area contributed by atoms with Crippen molar-refractivity contribution in [3.8, 4) is 5.75 Å². The lowest BCUT2D eigenvalue weighted by Gasteiger charge is -2.24. The summed E-state index contributed by atoms with van der Waals surface area (Å²) in [6.07, 6.45) is 0.0987. The van der Waals surface area contributed by atoms with Crippen molar-refractivity contribution in [2.24, 2.45) is 11.5 Å². The van der Waals surface area contributed by atoms with Crippen LogP contribution in [0.15, 0.2) is 24.3 Å². The number of benzene rings is 1. The molecule has 2 atom stereocenters. The Morgan fingerprint density at radius 3 is 2.14 bits per heavy atom. The first-order valence-electron chi connectivity index (χ1n) is 6.58. The maximum Gasteiger partial charge on any atom is 0.323 e. The van der Waals surface area contributed by atoms with Crippen molar-refractivity contribution in [1.82, 2.24) is 4.90 Å². The van der Waals surface area contributed by atoms with Crippen molar-refractivity contribution in [3.05, 3.63) is 29.8 Å². The van der Waals surface area contributed by atoms with Crippen molar-refractivity contribution >= 4 is 17.8 Å². The van der Waals surface area contributed by atoms with Crippen LogP contribution in [0.5, 0.6) is 5.75 Å². The molecule has 120 valence electrons. The van der Waals surface area contributed by atoms with Gasteiger partial charge in [-0.1, -0.05) is 12.1 Å². The molecule has 0 aliphatic carbocycles. The van der Waals surface area contributed by atoms with Crippen molar-refractivity contribution in [2.75, 3.05) is 6.54 Å². The van der Waals surface area contributed by atoms with E-state index >= 15 is 0 Å². The molecule has 0 fully saturated rings. The fourth-order valence-corrected chi connectivity index (χ4v) is 1.82. The Morgan fingerprint density at radius 1 is 1.14 bits per heavy atom. The summed E-state index contributed by atoms with van der Waals surface area (Å²) < 4.78 is 0. The number of carbonyl (C=O) groups is 3. The Hall–Kier alpha value is -2.45. The molecule has 0 bridgehead atoms. The number of phenols is 1. The van der Waals surface area contributed by atoms with Crippen molar-refractivity contribution in [1.29, 1.82) is 0 Å². The summed E-state index contributed by atoms with van der Waals surface area (Å²) >= 11 is 0. The van der Waals surface area contributed by atoms with E-state index in [1.54, 1.807) is 12.1 Å². The van der Waals surface area contributed by atoms with Crippen LogP contribution in [0.4, 0.5) is 0 Å². The topological polar surface area (TPSA) is 147 Å². The van der Waals surface area contributed by atoms with Crippen molar-refractivity contribution in [2.45, 2.75) is 25.4 Å². The van der Waals surface area contributed by atoms with E-state index in [0.717, 1.165) is 0 Å². The van der Waals surface area contributed by atoms with Crippen LogP contribution in [0, 0.1) is 0 Å². The molecule has 0 radical (unpaired) electrons. The molecule has 0 saturated heterocycles. The Kier molecular flexibility index (Phi) is 6.02. The van der Waals surface area contributed by atoms with E-state index in [1.807, 2.05) is 0 Å². The van der Waals surface area contributed by atoms with Gasteiger partial charge in [0.15, 0.2) is 0 Å². The molecule has 6 N–H and O–H groups in total. The molecular weight excluding hydrogens is 290 g/mol. The van der Waals surface area contributed by atoms with Gasteiger partial charge in [-0.05, 0) is 31.0 Å². The maximum atomic E-state index is 12.2. The molecule has 1 rings (SSSR count). The van der Waals surface area contributed by atoms with Crippen molar-refractivity contribution in [3.63, 3.8) is 0 Å². The number of carboxylic acids is 1. The SMILES string of the molecule is CC(N)C(=O)N(CC(=O)O)C(=O)C(N)Cc1ccc(O)cc1. The lowest BCUT2D eigenvalue weighted by molar-refractivity contribution is -0.153. The lowest BCUT2D eigenvalue weighted by Crippen LogP contribution is -2.53. The number of aromatic hydroxyl groups is 1. The van der Waals surface area contributed by atoms with E-state index in [2.05, 4.69) is 0 Å². The number of carbonyl (C=O) groups excluding carboxylic acids is 2. The third-order valence-corrected chi connectivity index (χ3v) is 2.92. The molecule has 0 aliphatic heterocycles. The number of nitrogens with two attached hydrogens (primary N) is 2. The molecule has 0 aromatic heterocycles. The van der Waals surface area contributed by atoms with Crippen LogP contribution in [0.1, 0.15) is 12.5 Å². The smallest absolute Gasteiger partial charge is 0.323 e. The highest BCUT2D eigenvalue weighted by Gasteiger charge is 2.30. The second kappa shape index (κ2) is 7.53. The van der Waals surface area contributed by atoms with E-state index in [0.29, 0.717) is 10.5 Å². The normalized spacial score (nSPS) is 13.2. The molecule has 0 saturated carbocycles. The highest BCUT2D eigenvalue weighted by Crippen LogP contribution is 2.12. The summed E-state index contributed by atoms with van der Waals surface area (Å²) in [5.41, 5.74) is 11.8. The van der Waals surface area contributed by atoms with Crippen LogP contribution in [-0.4, -0.2) is 51.5 Å². The second-order valence-corrected chi connectivity index (χ2v) is 4.92. The van der Waals surface area contributed by atoms with Crippen molar-refractivity contribution < 1.29 is 24.6 Å². The number of hydrogen-bond acceptors (Lipinski definition) is 6. The Labute approximate surface area is 127 Å². The van der Waals surface area contributed by atoms with Gasteiger partial charge in [0.2, 0.25) is 11.8 Å². The molecule has 8 nitrogen and oxygen atoms in total. The van der Waals surface area contributed by atoms with E-state index in [1.165, 1.54) is 19.1 Å². The van der Waals surface area contributed by atoms with E-state index in [-0.39, 0.29) is 12.2 Å². The zero-order chi connectivity index (χ0) is 16.9. The zero-order valence-electron chi connectivity index (χ0n) is 12.1. The Bertz CT molecular complexity index is 556. The molecule has 0 heterocycles. The number of imide groups is 1. The van der Waals surface area contributed by atoms with Crippen LogP contribution in [0.2, 0.25) is 0 Å². The molecule has 0 spiro atoms. The van der Waals surface area contributed by atoms with Gasteiger partial charge in [-0.3, -0.25) is 19.3 Å². The van der Waals surface area contributed by atoms with Crippen LogP contribution < -0.4 is 11.5 Å². The minimum Gasteiger partial charge on any atom is -0.508 e. The first-order valence-corrected chi connectivity index (χ1v) is 6.58.